The second-order valence-corrected chi connectivity index (χ2v) is 6.59. The molecule has 1 aromatic carbocycles. The summed E-state index contributed by atoms with van der Waals surface area (Å²) in [5, 5.41) is 0. The molecule has 120 valence electrons. The number of likely N-dealkylation sites (tertiary alicyclic amines) is 1. The average Bonchev–Trinajstić information content (AvgIpc) is 3.12. The molecule has 3 heterocycles. The van der Waals surface area contributed by atoms with Gasteiger partial charge in [-0.05, 0) is 31.5 Å². The summed E-state index contributed by atoms with van der Waals surface area (Å²) in [4.78, 5) is 11.7. The van der Waals surface area contributed by atoms with Crippen molar-refractivity contribution in [2.24, 2.45) is 14.1 Å². The van der Waals surface area contributed by atoms with Gasteiger partial charge < -0.3 is 9.13 Å². The second kappa shape index (κ2) is 5.81. The van der Waals surface area contributed by atoms with Crippen LogP contribution in [0.3, 0.4) is 0 Å². The summed E-state index contributed by atoms with van der Waals surface area (Å²) >= 11 is 0. The molecule has 0 saturated carbocycles. The van der Waals surface area contributed by atoms with Crippen LogP contribution in [0.1, 0.15) is 30.3 Å². The summed E-state index contributed by atoms with van der Waals surface area (Å²) in [5.41, 5.74) is 3.61. The van der Waals surface area contributed by atoms with Gasteiger partial charge in [0.15, 0.2) is 0 Å². The van der Waals surface area contributed by atoms with Crippen LogP contribution in [0.5, 0.6) is 0 Å². The van der Waals surface area contributed by atoms with Crippen molar-refractivity contribution < 1.29 is 0 Å². The highest BCUT2D eigenvalue weighted by Gasteiger charge is 2.25. The minimum Gasteiger partial charge on any atom is -0.337 e. The summed E-state index contributed by atoms with van der Waals surface area (Å²) in [5.74, 6) is 1.73. The van der Waals surface area contributed by atoms with E-state index in [0.29, 0.717) is 5.92 Å². The smallest absolute Gasteiger partial charge is 0.114 e. The van der Waals surface area contributed by atoms with Gasteiger partial charge in [-0.25, -0.2) is 9.97 Å². The van der Waals surface area contributed by atoms with Gasteiger partial charge in [0.2, 0.25) is 0 Å². The number of piperidine rings is 1. The van der Waals surface area contributed by atoms with Gasteiger partial charge in [-0.15, -0.1) is 0 Å². The highest BCUT2D eigenvalue weighted by molar-refractivity contribution is 5.75. The first-order valence-corrected chi connectivity index (χ1v) is 8.31. The first-order chi connectivity index (χ1) is 11.2. The number of rotatable bonds is 3. The van der Waals surface area contributed by atoms with E-state index >= 15 is 0 Å². The Morgan fingerprint density at radius 2 is 2.09 bits per heavy atom. The predicted octanol–water partition coefficient (Wildman–Crippen LogP) is 2.69. The highest BCUT2D eigenvalue weighted by Crippen LogP contribution is 2.29. The molecule has 0 spiro atoms. The third-order valence-electron chi connectivity index (χ3n) is 4.99. The van der Waals surface area contributed by atoms with E-state index in [-0.39, 0.29) is 0 Å². The number of benzene rings is 1. The summed E-state index contributed by atoms with van der Waals surface area (Å²) < 4.78 is 4.38. The maximum atomic E-state index is 4.90. The number of aromatic nitrogens is 4. The lowest BCUT2D eigenvalue weighted by Crippen LogP contribution is -2.35. The summed E-state index contributed by atoms with van der Waals surface area (Å²) in [6.45, 7) is 3.20. The fraction of sp³-hybridized carbons (Fsp3) is 0.444. The van der Waals surface area contributed by atoms with Gasteiger partial charge in [-0.3, -0.25) is 4.90 Å². The van der Waals surface area contributed by atoms with Crippen LogP contribution in [-0.2, 0) is 20.6 Å². The Kier molecular flexibility index (Phi) is 3.65. The molecule has 1 aliphatic rings. The molecule has 0 bridgehead atoms. The van der Waals surface area contributed by atoms with Crippen molar-refractivity contribution in [1.29, 1.82) is 0 Å². The van der Waals surface area contributed by atoms with Gasteiger partial charge in [0.25, 0.3) is 0 Å². The number of nitrogens with zero attached hydrogens (tertiary/aromatic N) is 5. The van der Waals surface area contributed by atoms with Crippen molar-refractivity contribution in [3.63, 3.8) is 0 Å². The van der Waals surface area contributed by atoms with Crippen LogP contribution in [0.15, 0.2) is 36.8 Å². The van der Waals surface area contributed by atoms with E-state index < -0.39 is 0 Å². The molecule has 1 saturated heterocycles. The van der Waals surface area contributed by atoms with E-state index in [4.69, 9.17) is 4.98 Å². The van der Waals surface area contributed by atoms with Gasteiger partial charge >= 0.3 is 0 Å². The standard InChI is InChI=1S/C18H23N5/c1-21-13-19-10-15(21)12-23-9-5-6-14(11-23)18-20-16-7-3-4-8-17(16)22(18)2/h3-4,7-8,10,13-14H,5-6,9,11-12H2,1-2H3. The minimum absolute atomic E-state index is 0.509. The predicted molar refractivity (Wildman–Crippen MR) is 91.2 cm³/mol. The largest absolute Gasteiger partial charge is 0.337 e. The molecule has 0 N–H and O–H groups in total. The maximum absolute atomic E-state index is 4.90. The number of aryl methyl sites for hydroxylation is 2. The van der Waals surface area contributed by atoms with Gasteiger partial charge in [0.1, 0.15) is 5.82 Å². The fourth-order valence-corrected chi connectivity index (χ4v) is 3.71. The zero-order valence-corrected chi connectivity index (χ0v) is 13.8. The quantitative estimate of drug-likeness (QED) is 0.747. The SMILES string of the molecule is Cn1cncc1CN1CCCC(c2nc3ccccc3n2C)C1. The van der Waals surface area contributed by atoms with E-state index in [9.17, 15) is 0 Å². The van der Waals surface area contributed by atoms with Crippen LogP contribution in [0.4, 0.5) is 0 Å². The summed E-state index contributed by atoms with van der Waals surface area (Å²) in [7, 11) is 4.21. The molecule has 0 radical (unpaired) electrons. The lowest BCUT2D eigenvalue weighted by molar-refractivity contribution is 0.192. The molecule has 2 aromatic heterocycles. The lowest BCUT2D eigenvalue weighted by atomic mass is 9.97. The monoisotopic (exact) mass is 309 g/mol. The molecule has 0 amide bonds. The third kappa shape index (κ3) is 2.65. The van der Waals surface area contributed by atoms with Crippen LogP contribution < -0.4 is 0 Å². The van der Waals surface area contributed by atoms with Crippen molar-refractivity contribution in [3.05, 3.63) is 48.3 Å². The van der Waals surface area contributed by atoms with E-state index in [0.717, 1.165) is 25.2 Å². The van der Waals surface area contributed by atoms with E-state index in [2.05, 4.69) is 57.4 Å². The average molecular weight is 309 g/mol. The lowest BCUT2D eigenvalue weighted by Gasteiger charge is -2.32. The molecule has 3 aromatic rings. The molecular formula is C18H23N5. The Bertz CT molecular complexity index is 816. The van der Waals surface area contributed by atoms with E-state index in [1.165, 1.54) is 29.9 Å². The molecule has 4 rings (SSSR count). The molecule has 0 aliphatic carbocycles. The van der Waals surface area contributed by atoms with Crippen molar-refractivity contribution in [2.45, 2.75) is 25.3 Å². The number of imidazole rings is 2. The summed E-state index contributed by atoms with van der Waals surface area (Å²) in [6, 6.07) is 8.41. The molecular weight excluding hydrogens is 286 g/mol. The Balaban J connectivity index is 1.56. The van der Waals surface area contributed by atoms with Crippen molar-refractivity contribution in [3.8, 4) is 0 Å². The molecule has 1 fully saturated rings. The minimum atomic E-state index is 0.509. The second-order valence-electron chi connectivity index (χ2n) is 6.59. The van der Waals surface area contributed by atoms with Gasteiger partial charge in [-0.1, -0.05) is 12.1 Å². The van der Waals surface area contributed by atoms with Crippen LogP contribution in [0, 0.1) is 0 Å². The molecule has 5 nitrogen and oxygen atoms in total. The van der Waals surface area contributed by atoms with Crippen molar-refractivity contribution >= 4 is 11.0 Å². The van der Waals surface area contributed by atoms with E-state index in [1.807, 2.05) is 12.5 Å². The van der Waals surface area contributed by atoms with Crippen molar-refractivity contribution in [1.82, 2.24) is 24.0 Å². The Morgan fingerprint density at radius 3 is 2.87 bits per heavy atom. The Morgan fingerprint density at radius 1 is 1.22 bits per heavy atom. The fourth-order valence-electron chi connectivity index (χ4n) is 3.71. The van der Waals surface area contributed by atoms with Gasteiger partial charge in [-0.2, -0.15) is 0 Å². The number of hydrogen-bond donors (Lipinski definition) is 0. The zero-order chi connectivity index (χ0) is 15.8. The molecule has 23 heavy (non-hydrogen) atoms. The first-order valence-electron chi connectivity index (χ1n) is 8.31. The van der Waals surface area contributed by atoms with Crippen LogP contribution in [0.2, 0.25) is 0 Å². The van der Waals surface area contributed by atoms with Crippen LogP contribution >= 0.6 is 0 Å². The summed E-state index contributed by atoms with van der Waals surface area (Å²) in [6.07, 6.45) is 6.30. The molecule has 1 atom stereocenters. The Labute approximate surface area is 136 Å². The third-order valence-corrected chi connectivity index (χ3v) is 4.99. The van der Waals surface area contributed by atoms with Crippen LogP contribution in [0.25, 0.3) is 11.0 Å². The molecule has 5 heteroatoms. The first kappa shape index (κ1) is 14.5. The zero-order valence-electron chi connectivity index (χ0n) is 13.8. The number of hydrogen-bond acceptors (Lipinski definition) is 3. The maximum Gasteiger partial charge on any atom is 0.114 e. The molecule has 1 unspecified atom stereocenters. The highest BCUT2D eigenvalue weighted by atomic mass is 15.2. The van der Waals surface area contributed by atoms with Crippen molar-refractivity contribution in [2.75, 3.05) is 13.1 Å². The normalized spacial score (nSPS) is 19.5. The molecule has 1 aliphatic heterocycles. The Hall–Kier alpha value is -2.14. The van der Waals surface area contributed by atoms with Gasteiger partial charge in [0, 0.05) is 39.3 Å². The number of fused-ring (bicyclic) bond motifs is 1. The van der Waals surface area contributed by atoms with E-state index in [1.54, 1.807) is 0 Å². The number of para-hydroxylation sites is 2. The van der Waals surface area contributed by atoms with Gasteiger partial charge in [0.05, 0.1) is 23.1 Å². The topological polar surface area (TPSA) is 38.9 Å². The van der Waals surface area contributed by atoms with Crippen LogP contribution in [-0.4, -0.2) is 37.1 Å².